The predicted molar refractivity (Wildman–Crippen MR) is 79.7 cm³/mol. The van der Waals surface area contributed by atoms with Crippen molar-refractivity contribution < 1.29 is 4.79 Å². The van der Waals surface area contributed by atoms with E-state index in [0.29, 0.717) is 6.42 Å². The molecule has 0 fully saturated rings. The summed E-state index contributed by atoms with van der Waals surface area (Å²) in [7, 11) is 0. The zero-order valence-corrected chi connectivity index (χ0v) is 11.3. The van der Waals surface area contributed by atoms with Crippen LogP contribution in [0.5, 0.6) is 0 Å². The van der Waals surface area contributed by atoms with Gasteiger partial charge in [0.2, 0.25) is 0 Å². The van der Waals surface area contributed by atoms with Crippen LogP contribution in [0.2, 0.25) is 0 Å². The fourth-order valence-electron chi connectivity index (χ4n) is 2.77. The number of benzene rings is 2. The maximum Gasteiger partial charge on any atom is 0.162 e. The lowest BCUT2D eigenvalue weighted by molar-refractivity contribution is 0.0988. The lowest BCUT2D eigenvalue weighted by atomic mass is 10.1. The number of hydrogen-bond acceptors (Lipinski definition) is 1. The summed E-state index contributed by atoms with van der Waals surface area (Å²) in [5, 5.41) is 2.40. The molecule has 1 aromatic heterocycles. The van der Waals surface area contributed by atoms with Crippen LogP contribution in [0.25, 0.3) is 21.8 Å². The van der Waals surface area contributed by atoms with E-state index in [4.69, 9.17) is 0 Å². The van der Waals surface area contributed by atoms with Gasteiger partial charge >= 0.3 is 0 Å². The monoisotopic (exact) mass is 251 g/mol. The van der Waals surface area contributed by atoms with Crippen LogP contribution in [0, 0.1) is 0 Å². The highest BCUT2D eigenvalue weighted by Crippen LogP contribution is 2.29. The standard InChI is InChI=1S/C17H17NO/c1-3-17(19)12-9-10-16-14(11-12)13-7-5-6-8-15(13)18(16)4-2/h5-11H,3-4H2,1-2H3. The first-order valence-corrected chi connectivity index (χ1v) is 6.80. The molecular formula is C17H17NO. The third-order valence-electron chi connectivity index (χ3n) is 3.73. The summed E-state index contributed by atoms with van der Waals surface area (Å²) in [6.07, 6.45) is 0.553. The Bertz CT molecular complexity index is 767. The Morgan fingerprint density at radius 2 is 1.74 bits per heavy atom. The van der Waals surface area contributed by atoms with Gasteiger partial charge < -0.3 is 4.57 Å². The van der Waals surface area contributed by atoms with Crippen molar-refractivity contribution in [1.29, 1.82) is 0 Å². The molecule has 19 heavy (non-hydrogen) atoms. The number of hydrogen-bond donors (Lipinski definition) is 0. The number of aromatic nitrogens is 1. The third-order valence-corrected chi connectivity index (χ3v) is 3.73. The summed E-state index contributed by atoms with van der Waals surface area (Å²) in [5.74, 6) is 0.204. The molecule has 0 aliphatic rings. The Balaban J connectivity index is 2.39. The maximum absolute atomic E-state index is 11.9. The van der Waals surface area contributed by atoms with Crippen molar-refractivity contribution in [2.75, 3.05) is 0 Å². The van der Waals surface area contributed by atoms with Gasteiger partial charge in [-0.1, -0.05) is 25.1 Å². The van der Waals surface area contributed by atoms with E-state index in [9.17, 15) is 4.79 Å². The molecule has 0 N–H and O–H groups in total. The number of carbonyl (C=O) groups excluding carboxylic acids is 1. The highest BCUT2D eigenvalue weighted by molar-refractivity contribution is 6.10. The number of ketones is 1. The number of rotatable bonds is 3. The summed E-state index contributed by atoms with van der Waals surface area (Å²) < 4.78 is 2.30. The Morgan fingerprint density at radius 3 is 2.47 bits per heavy atom. The molecule has 0 amide bonds. The first-order chi connectivity index (χ1) is 9.26. The van der Waals surface area contributed by atoms with Crippen LogP contribution in [0.1, 0.15) is 30.6 Å². The fraction of sp³-hybridized carbons (Fsp3) is 0.235. The minimum Gasteiger partial charge on any atom is -0.341 e. The summed E-state index contributed by atoms with van der Waals surface area (Å²) >= 11 is 0. The molecule has 0 saturated carbocycles. The van der Waals surface area contributed by atoms with Crippen LogP contribution < -0.4 is 0 Å². The van der Waals surface area contributed by atoms with Crippen molar-refractivity contribution in [3.63, 3.8) is 0 Å². The second-order valence-electron chi connectivity index (χ2n) is 4.77. The van der Waals surface area contributed by atoms with E-state index in [2.05, 4.69) is 41.8 Å². The Hall–Kier alpha value is -2.09. The van der Waals surface area contributed by atoms with Crippen LogP contribution in [-0.4, -0.2) is 10.4 Å². The molecule has 0 atom stereocenters. The summed E-state index contributed by atoms with van der Waals surface area (Å²) in [6.45, 7) is 4.99. The smallest absolute Gasteiger partial charge is 0.162 e. The van der Waals surface area contributed by atoms with Crippen molar-refractivity contribution >= 4 is 27.6 Å². The predicted octanol–water partition coefficient (Wildman–Crippen LogP) is 4.41. The van der Waals surface area contributed by atoms with Crippen molar-refractivity contribution in [2.24, 2.45) is 0 Å². The highest BCUT2D eigenvalue weighted by atomic mass is 16.1. The van der Waals surface area contributed by atoms with Gasteiger partial charge in [0.25, 0.3) is 0 Å². The maximum atomic E-state index is 11.9. The first kappa shape index (κ1) is 12.0. The quantitative estimate of drug-likeness (QED) is 0.632. The molecule has 0 radical (unpaired) electrons. The topological polar surface area (TPSA) is 22.0 Å². The number of fused-ring (bicyclic) bond motifs is 3. The van der Waals surface area contributed by atoms with Gasteiger partial charge in [0, 0.05) is 40.3 Å². The van der Waals surface area contributed by atoms with Gasteiger partial charge in [0.1, 0.15) is 0 Å². The largest absolute Gasteiger partial charge is 0.341 e. The molecule has 1 heterocycles. The first-order valence-electron chi connectivity index (χ1n) is 6.80. The summed E-state index contributed by atoms with van der Waals surface area (Å²) in [6, 6.07) is 14.4. The summed E-state index contributed by atoms with van der Waals surface area (Å²) in [4.78, 5) is 11.9. The van der Waals surface area contributed by atoms with E-state index < -0.39 is 0 Å². The highest BCUT2D eigenvalue weighted by Gasteiger charge is 2.11. The second kappa shape index (κ2) is 4.54. The molecular weight excluding hydrogens is 234 g/mol. The van der Waals surface area contributed by atoms with Crippen molar-refractivity contribution in [1.82, 2.24) is 4.57 Å². The average Bonchev–Trinajstić information content (AvgIpc) is 2.79. The van der Waals surface area contributed by atoms with E-state index in [1.165, 1.54) is 21.8 Å². The summed E-state index contributed by atoms with van der Waals surface area (Å²) in [5.41, 5.74) is 3.26. The second-order valence-corrected chi connectivity index (χ2v) is 4.77. The zero-order valence-electron chi connectivity index (χ0n) is 11.3. The minimum absolute atomic E-state index is 0.204. The normalized spacial score (nSPS) is 11.3. The van der Waals surface area contributed by atoms with Crippen LogP contribution in [0.15, 0.2) is 42.5 Å². The van der Waals surface area contributed by atoms with Crippen LogP contribution >= 0.6 is 0 Å². The van der Waals surface area contributed by atoms with Gasteiger partial charge in [-0.15, -0.1) is 0 Å². The van der Waals surface area contributed by atoms with E-state index in [1.54, 1.807) is 0 Å². The van der Waals surface area contributed by atoms with E-state index >= 15 is 0 Å². The van der Waals surface area contributed by atoms with Crippen molar-refractivity contribution in [3.8, 4) is 0 Å². The SMILES string of the molecule is CCC(=O)c1ccc2c(c1)c1ccccc1n2CC. The van der Waals surface area contributed by atoms with Crippen LogP contribution in [0.3, 0.4) is 0 Å². The van der Waals surface area contributed by atoms with E-state index in [0.717, 1.165) is 12.1 Å². The molecule has 0 aliphatic carbocycles. The average molecular weight is 251 g/mol. The molecule has 2 heteroatoms. The molecule has 3 rings (SSSR count). The van der Waals surface area contributed by atoms with Gasteiger partial charge in [0.05, 0.1) is 0 Å². The van der Waals surface area contributed by atoms with Crippen LogP contribution in [0.4, 0.5) is 0 Å². The van der Waals surface area contributed by atoms with Gasteiger partial charge in [-0.2, -0.15) is 0 Å². The Labute approximate surface area is 112 Å². The van der Waals surface area contributed by atoms with Gasteiger partial charge in [-0.05, 0) is 31.2 Å². The fourth-order valence-corrected chi connectivity index (χ4v) is 2.77. The number of nitrogens with zero attached hydrogens (tertiary/aromatic N) is 1. The molecule has 2 nitrogen and oxygen atoms in total. The molecule has 96 valence electrons. The molecule has 0 aliphatic heterocycles. The third kappa shape index (κ3) is 1.75. The van der Waals surface area contributed by atoms with Gasteiger partial charge in [0.15, 0.2) is 5.78 Å². The molecule has 0 saturated heterocycles. The van der Waals surface area contributed by atoms with Crippen molar-refractivity contribution in [2.45, 2.75) is 26.8 Å². The van der Waals surface area contributed by atoms with E-state index in [1.807, 2.05) is 19.1 Å². The molecule has 3 aromatic rings. The number of aryl methyl sites for hydroxylation is 1. The number of Topliss-reactive ketones (excluding diaryl/α,β-unsaturated/α-hetero) is 1. The Kier molecular flexibility index (Phi) is 2.86. The van der Waals surface area contributed by atoms with Crippen LogP contribution in [-0.2, 0) is 6.54 Å². The molecule has 0 spiro atoms. The minimum atomic E-state index is 0.204. The lowest BCUT2D eigenvalue weighted by Crippen LogP contribution is -1.97. The Morgan fingerprint density at radius 1 is 1.00 bits per heavy atom. The lowest BCUT2D eigenvalue weighted by Gasteiger charge is -2.03. The van der Waals surface area contributed by atoms with Gasteiger partial charge in [-0.25, -0.2) is 0 Å². The number of carbonyl (C=O) groups is 1. The van der Waals surface area contributed by atoms with E-state index in [-0.39, 0.29) is 5.78 Å². The molecule has 0 unspecified atom stereocenters. The molecule has 0 bridgehead atoms. The van der Waals surface area contributed by atoms with Crippen molar-refractivity contribution in [3.05, 3.63) is 48.0 Å². The number of para-hydroxylation sites is 1. The van der Waals surface area contributed by atoms with Gasteiger partial charge in [-0.3, -0.25) is 4.79 Å². The molecule has 2 aromatic carbocycles. The zero-order chi connectivity index (χ0) is 13.4.